The van der Waals surface area contributed by atoms with Crippen molar-refractivity contribution in [1.29, 1.82) is 0 Å². The molecular formula is C13H14ClNOS. The number of ketones is 1. The van der Waals surface area contributed by atoms with E-state index in [4.69, 9.17) is 11.6 Å². The van der Waals surface area contributed by atoms with Crippen LogP contribution in [0.2, 0.25) is 5.02 Å². The maximum absolute atomic E-state index is 11.6. The maximum atomic E-state index is 11.6. The first kappa shape index (κ1) is 12.5. The van der Waals surface area contributed by atoms with Gasteiger partial charge < -0.3 is 0 Å². The summed E-state index contributed by atoms with van der Waals surface area (Å²) in [5.74, 6) is 0.169. The topological polar surface area (TPSA) is 29.4 Å². The van der Waals surface area contributed by atoms with Crippen molar-refractivity contribution in [1.82, 2.24) is 0 Å². The fourth-order valence-corrected chi connectivity index (χ4v) is 3.97. The molecule has 0 radical (unpaired) electrons. The molecule has 2 nitrogen and oxygen atoms in total. The Balaban J connectivity index is 2.55. The Hall–Kier alpha value is -0.930. The fourth-order valence-electron chi connectivity index (χ4n) is 1.66. The van der Waals surface area contributed by atoms with E-state index < -0.39 is 0 Å². The highest BCUT2D eigenvalue weighted by molar-refractivity contribution is 8.29. The van der Waals surface area contributed by atoms with Crippen LogP contribution in [-0.4, -0.2) is 16.2 Å². The molecule has 0 bridgehead atoms. The highest BCUT2D eigenvalue weighted by Gasteiger charge is 2.20. The minimum atomic E-state index is -0.289. The van der Waals surface area contributed by atoms with Crippen LogP contribution in [-0.2, 0) is 4.79 Å². The molecule has 90 valence electrons. The van der Waals surface area contributed by atoms with E-state index in [9.17, 15) is 4.79 Å². The highest BCUT2D eigenvalue weighted by atomic mass is 35.5. The third-order valence-electron chi connectivity index (χ3n) is 2.58. The monoisotopic (exact) mass is 267 g/mol. The third kappa shape index (κ3) is 2.35. The third-order valence-corrected chi connectivity index (χ3v) is 5.07. The van der Waals surface area contributed by atoms with Crippen molar-refractivity contribution in [3.63, 3.8) is 0 Å². The zero-order valence-corrected chi connectivity index (χ0v) is 11.4. The van der Waals surface area contributed by atoms with Gasteiger partial charge in [0.15, 0.2) is 5.78 Å². The summed E-state index contributed by atoms with van der Waals surface area (Å²) < 4.78 is 0. The predicted octanol–water partition coefficient (Wildman–Crippen LogP) is 4.20. The van der Waals surface area contributed by atoms with Crippen LogP contribution in [0.15, 0.2) is 28.1 Å². The Labute approximate surface area is 109 Å². The van der Waals surface area contributed by atoms with E-state index in [1.54, 1.807) is 5.37 Å². The first-order valence-corrected chi connectivity index (χ1v) is 7.30. The van der Waals surface area contributed by atoms with Gasteiger partial charge in [-0.15, -0.1) is 10.5 Å². The molecule has 1 unspecified atom stereocenters. The molecule has 4 heteroatoms. The number of carbonyl (C=O) groups excluding carboxylic acids is 1. The largest absolute Gasteiger partial charge is 0.294 e. The number of hydrogen-bond acceptors (Lipinski definition) is 2. The Bertz CT molecular complexity index is 534. The summed E-state index contributed by atoms with van der Waals surface area (Å²) in [5, 5.41) is 3.51. The van der Waals surface area contributed by atoms with Crippen molar-refractivity contribution in [2.75, 3.05) is 0 Å². The molecule has 1 aromatic carbocycles. The van der Waals surface area contributed by atoms with Crippen LogP contribution in [0.1, 0.15) is 26.7 Å². The van der Waals surface area contributed by atoms with Gasteiger partial charge in [0.25, 0.3) is 0 Å². The molecule has 0 saturated carbocycles. The quantitative estimate of drug-likeness (QED) is 0.755. The SMILES string of the molecule is CCC(=O)C=S1C(CC)=Nc2c(Cl)cccc21. The number of Topliss-reactive ketones (excluding diaryl/α,β-unsaturated/α-hetero) is 1. The van der Waals surface area contributed by atoms with Crippen molar-refractivity contribution < 1.29 is 4.79 Å². The molecule has 1 heterocycles. The van der Waals surface area contributed by atoms with Gasteiger partial charge >= 0.3 is 0 Å². The predicted molar refractivity (Wildman–Crippen MR) is 76.1 cm³/mol. The number of hydrogen-bond donors (Lipinski definition) is 0. The summed E-state index contributed by atoms with van der Waals surface area (Å²) in [5.41, 5.74) is 0.842. The molecule has 17 heavy (non-hydrogen) atoms. The van der Waals surface area contributed by atoms with E-state index in [1.165, 1.54) is 0 Å². The second kappa shape index (κ2) is 5.15. The smallest absolute Gasteiger partial charge is 0.161 e. The van der Waals surface area contributed by atoms with Crippen molar-refractivity contribution in [2.24, 2.45) is 4.99 Å². The van der Waals surface area contributed by atoms with E-state index >= 15 is 0 Å². The average Bonchev–Trinajstić information content (AvgIpc) is 2.69. The molecule has 0 amide bonds. The van der Waals surface area contributed by atoms with Crippen molar-refractivity contribution in [2.45, 2.75) is 31.6 Å². The minimum absolute atomic E-state index is 0.169. The fraction of sp³-hybridized carbons (Fsp3) is 0.308. The zero-order valence-electron chi connectivity index (χ0n) is 9.87. The van der Waals surface area contributed by atoms with Gasteiger partial charge in [0.2, 0.25) is 0 Å². The molecule has 1 aliphatic rings. The Morgan fingerprint density at radius 1 is 1.47 bits per heavy atom. The van der Waals surface area contributed by atoms with Crippen molar-refractivity contribution >= 4 is 44.0 Å². The van der Waals surface area contributed by atoms with Crippen LogP contribution in [0.5, 0.6) is 0 Å². The minimum Gasteiger partial charge on any atom is -0.294 e. The summed E-state index contributed by atoms with van der Waals surface area (Å²) in [4.78, 5) is 17.2. The van der Waals surface area contributed by atoms with Crippen LogP contribution in [0, 0.1) is 0 Å². The van der Waals surface area contributed by atoms with Crippen LogP contribution in [0.25, 0.3) is 0 Å². The number of benzene rings is 1. The van der Waals surface area contributed by atoms with Gasteiger partial charge in [0.1, 0.15) is 0 Å². The zero-order chi connectivity index (χ0) is 12.4. The number of nitrogens with zero attached hydrogens (tertiary/aromatic N) is 1. The van der Waals surface area contributed by atoms with E-state index in [-0.39, 0.29) is 16.3 Å². The van der Waals surface area contributed by atoms with Crippen LogP contribution < -0.4 is 0 Å². The van der Waals surface area contributed by atoms with Gasteiger partial charge in [-0.3, -0.25) is 4.79 Å². The van der Waals surface area contributed by atoms with Gasteiger partial charge in [-0.2, -0.15) is 0 Å². The second-order valence-corrected chi connectivity index (χ2v) is 5.95. The van der Waals surface area contributed by atoms with E-state index in [2.05, 4.69) is 11.9 Å². The number of halogens is 1. The van der Waals surface area contributed by atoms with Crippen LogP contribution in [0.4, 0.5) is 5.69 Å². The van der Waals surface area contributed by atoms with Crippen molar-refractivity contribution in [3.8, 4) is 0 Å². The number of aliphatic imine (C=N–C) groups is 1. The molecule has 0 N–H and O–H groups in total. The Kier molecular flexibility index (Phi) is 3.79. The van der Waals surface area contributed by atoms with E-state index in [0.29, 0.717) is 11.4 Å². The number of rotatable bonds is 3. The molecule has 2 rings (SSSR count). The Morgan fingerprint density at radius 3 is 2.88 bits per heavy atom. The first-order valence-electron chi connectivity index (χ1n) is 5.64. The normalized spacial score (nSPS) is 18.1. The molecular weight excluding hydrogens is 254 g/mol. The molecule has 0 fully saturated rings. The van der Waals surface area contributed by atoms with E-state index in [0.717, 1.165) is 22.0 Å². The number of fused-ring (bicyclic) bond motifs is 1. The van der Waals surface area contributed by atoms with Gasteiger partial charge in [-0.05, 0) is 18.6 Å². The number of para-hydroxylation sites is 1. The van der Waals surface area contributed by atoms with Gasteiger partial charge in [0, 0.05) is 16.7 Å². The summed E-state index contributed by atoms with van der Waals surface area (Å²) in [6.07, 6.45) is 1.39. The molecule has 0 spiro atoms. The molecule has 1 atom stereocenters. The molecule has 0 aromatic heterocycles. The van der Waals surface area contributed by atoms with Gasteiger partial charge in [-0.25, -0.2) is 4.99 Å². The van der Waals surface area contributed by atoms with Crippen molar-refractivity contribution in [3.05, 3.63) is 23.2 Å². The molecule has 1 aliphatic heterocycles. The molecule has 0 saturated heterocycles. The summed E-state index contributed by atoms with van der Waals surface area (Å²) in [6, 6.07) is 5.77. The molecule has 0 aliphatic carbocycles. The first-order chi connectivity index (χ1) is 8.17. The van der Waals surface area contributed by atoms with Crippen LogP contribution >= 0.6 is 22.1 Å². The average molecular weight is 268 g/mol. The van der Waals surface area contributed by atoms with E-state index in [1.807, 2.05) is 25.1 Å². The summed E-state index contributed by atoms with van der Waals surface area (Å²) in [7, 11) is -0.289. The summed E-state index contributed by atoms with van der Waals surface area (Å²) in [6.45, 7) is 3.93. The lowest BCUT2D eigenvalue weighted by molar-refractivity contribution is -0.112. The van der Waals surface area contributed by atoms with Gasteiger partial charge in [0.05, 0.1) is 15.8 Å². The second-order valence-electron chi connectivity index (χ2n) is 3.72. The lowest BCUT2D eigenvalue weighted by Gasteiger charge is -2.04. The number of carbonyl (C=O) groups is 1. The standard InChI is InChI=1S/C13H14ClNOS/c1-3-9(16)8-17-11-7-5-6-10(14)13(11)15-12(17)4-2/h5-8H,3-4H2,1-2H3. The van der Waals surface area contributed by atoms with Gasteiger partial charge in [-0.1, -0.05) is 31.5 Å². The Morgan fingerprint density at radius 2 is 2.24 bits per heavy atom. The summed E-state index contributed by atoms with van der Waals surface area (Å²) >= 11 is 6.13. The van der Waals surface area contributed by atoms with Crippen LogP contribution in [0.3, 0.4) is 0 Å². The highest BCUT2D eigenvalue weighted by Crippen LogP contribution is 2.47. The maximum Gasteiger partial charge on any atom is 0.161 e. The lowest BCUT2D eigenvalue weighted by Crippen LogP contribution is -1.99. The molecule has 1 aromatic rings. The lowest BCUT2D eigenvalue weighted by atomic mass is 10.3.